The molecule has 0 spiro atoms. The van der Waals surface area contributed by atoms with E-state index in [0.29, 0.717) is 13.0 Å². The van der Waals surface area contributed by atoms with Crippen molar-refractivity contribution in [3.05, 3.63) is 0 Å². The van der Waals surface area contributed by atoms with Crippen molar-refractivity contribution in [2.45, 2.75) is 31.4 Å². The number of carbonyl (C=O) groups is 1. The molecule has 2 heterocycles. The molecule has 2 saturated heterocycles. The first kappa shape index (κ1) is 11.8. The van der Waals surface area contributed by atoms with Gasteiger partial charge in [0.15, 0.2) is 0 Å². The molecule has 5 heteroatoms. The van der Waals surface area contributed by atoms with Crippen LogP contribution < -0.4 is 5.32 Å². The lowest BCUT2D eigenvalue weighted by Gasteiger charge is -2.34. The molecule has 2 fully saturated rings. The normalized spacial score (nSPS) is 31.1. The Bertz CT molecular complexity index is 239. The van der Waals surface area contributed by atoms with Gasteiger partial charge >= 0.3 is 0 Å². The van der Waals surface area contributed by atoms with Crippen LogP contribution in [-0.2, 0) is 9.53 Å². The van der Waals surface area contributed by atoms with Gasteiger partial charge in [0.1, 0.15) is 0 Å². The van der Waals surface area contributed by atoms with E-state index in [4.69, 9.17) is 9.84 Å². The average molecular weight is 228 g/mol. The summed E-state index contributed by atoms with van der Waals surface area (Å²) in [6.45, 7) is 3.15. The molecule has 2 aliphatic heterocycles. The minimum atomic E-state index is -0.208. The summed E-state index contributed by atoms with van der Waals surface area (Å²) >= 11 is 0. The monoisotopic (exact) mass is 228 g/mol. The van der Waals surface area contributed by atoms with Crippen molar-refractivity contribution in [2.24, 2.45) is 0 Å². The smallest absolute Gasteiger partial charge is 0.239 e. The highest BCUT2D eigenvalue weighted by atomic mass is 16.5. The molecule has 0 aromatic carbocycles. The summed E-state index contributed by atoms with van der Waals surface area (Å²) in [5.74, 6) is 0.107. The molecule has 16 heavy (non-hydrogen) atoms. The summed E-state index contributed by atoms with van der Waals surface area (Å²) in [5, 5.41) is 12.0. The number of nitrogens with one attached hydrogen (secondary N) is 1. The van der Waals surface area contributed by atoms with Gasteiger partial charge in [0.25, 0.3) is 0 Å². The predicted octanol–water partition coefficient (Wildman–Crippen LogP) is -0.652. The Balaban J connectivity index is 1.85. The van der Waals surface area contributed by atoms with Crippen molar-refractivity contribution in [3.8, 4) is 0 Å². The van der Waals surface area contributed by atoms with E-state index < -0.39 is 0 Å². The lowest BCUT2D eigenvalue weighted by molar-refractivity contribution is -0.137. The quantitative estimate of drug-likeness (QED) is 0.671. The minimum Gasteiger partial charge on any atom is -0.396 e. The van der Waals surface area contributed by atoms with Crippen LogP contribution in [-0.4, -0.2) is 60.9 Å². The second kappa shape index (κ2) is 5.61. The van der Waals surface area contributed by atoms with Crippen LogP contribution in [0.5, 0.6) is 0 Å². The Kier molecular flexibility index (Phi) is 4.15. The molecule has 92 valence electrons. The van der Waals surface area contributed by atoms with Gasteiger partial charge in [-0.25, -0.2) is 0 Å². The topological polar surface area (TPSA) is 61.8 Å². The molecule has 2 aliphatic rings. The van der Waals surface area contributed by atoms with Crippen LogP contribution in [0.1, 0.15) is 19.3 Å². The maximum atomic E-state index is 12.0. The fourth-order valence-electron chi connectivity index (χ4n) is 2.36. The second-order valence-electron chi connectivity index (χ2n) is 4.44. The largest absolute Gasteiger partial charge is 0.396 e. The summed E-state index contributed by atoms with van der Waals surface area (Å²) in [4.78, 5) is 13.9. The average Bonchev–Trinajstić information content (AvgIpc) is 2.77. The van der Waals surface area contributed by atoms with E-state index in [1.807, 2.05) is 4.90 Å². The molecule has 0 aromatic rings. The number of aliphatic hydroxyl groups is 1. The van der Waals surface area contributed by atoms with E-state index in [-0.39, 0.29) is 24.7 Å². The van der Waals surface area contributed by atoms with Crippen molar-refractivity contribution in [1.82, 2.24) is 10.2 Å². The minimum absolute atomic E-state index is 0.0528. The maximum Gasteiger partial charge on any atom is 0.239 e. The van der Waals surface area contributed by atoms with Crippen LogP contribution in [0.4, 0.5) is 0 Å². The van der Waals surface area contributed by atoms with Crippen molar-refractivity contribution in [3.63, 3.8) is 0 Å². The first-order valence-corrected chi connectivity index (χ1v) is 6.06. The zero-order valence-electron chi connectivity index (χ0n) is 9.52. The van der Waals surface area contributed by atoms with Gasteiger partial charge < -0.3 is 20.1 Å². The molecule has 2 unspecified atom stereocenters. The molecule has 0 saturated carbocycles. The fourth-order valence-corrected chi connectivity index (χ4v) is 2.36. The second-order valence-corrected chi connectivity index (χ2v) is 4.44. The van der Waals surface area contributed by atoms with Gasteiger partial charge in [0.05, 0.1) is 12.1 Å². The molecular weight excluding hydrogens is 208 g/mol. The van der Waals surface area contributed by atoms with Crippen LogP contribution >= 0.6 is 0 Å². The fraction of sp³-hybridized carbons (Fsp3) is 0.909. The first-order valence-electron chi connectivity index (χ1n) is 6.06. The molecule has 5 nitrogen and oxygen atoms in total. The highest BCUT2D eigenvalue weighted by Crippen LogP contribution is 2.15. The van der Waals surface area contributed by atoms with Crippen LogP contribution in [0.2, 0.25) is 0 Å². The van der Waals surface area contributed by atoms with Crippen LogP contribution in [0.3, 0.4) is 0 Å². The number of aliphatic hydroxyl groups excluding tert-OH is 1. The van der Waals surface area contributed by atoms with Crippen LogP contribution in [0, 0.1) is 0 Å². The first-order chi connectivity index (χ1) is 7.81. The van der Waals surface area contributed by atoms with Gasteiger partial charge in [-0.2, -0.15) is 0 Å². The van der Waals surface area contributed by atoms with Gasteiger partial charge in [0.2, 0.25) is 5.91 Å². The number of carbonyl (C=O) groups excluding carboxylic acids is 1. The standard InChI is InChI=1S/C11H20N2O3/c14-6-3-10-11(15)13(5-4-12-10)8-9-2-1-7-16-9/h9-10,12,14H,1-8H2. The number of amides is 1. The molecule has 2 atom stereocenters. The predicted molar refractivity (Wildman–Crippen MR) is 59.0 cm³/mol. The lowest BCUT2D eigenvalue weighted by atomic mass is 10.1. The van der Waals surface area contributed by atoms with Crippen LogP contribution in [0.15, 0.2) is 0 Å². The third kappa shape index (κ3) is 2.72. The lowest BCUT2D eigenvalue weighted by Crippen LogP contribution is -2.56. The van der Waals surface area contributed by atoms with E-state index >= 15 is 0 Å². The Hall–Kier alpha value is -0.650. The summed E-state index contributed by atoms with van der Waals surface area (Å²) in [6, 6.07) is -0.208. The number of nitrogens with zero attached hydrogens (tertiary/aromatic N) is 1. The van der Waals surface area contributed by atoms with E-state index in [9.17, 15) is 4.79 Å². The Morgan fingerprint density at radius 3 is 3.12 bits per heavy atom. The zero-order chi connectivity index (χ0) is 11.4. The molecule has 2 N–H and O–H groups in total. The number of rotatable bonds is 4. The molecule has 2 rings (SSSR count). The van der Waals surface area contributed by atoms with Crippen molar-refractivity contribution in [1.29, 1.82) is 0 Å². The number of hydrogen-bond acceptors (Lipinski definition) is 4. The summed E-state index contributed by atoms with van der Waals surface area (Å²) in [5.41, 5.74) is 0. The third-order valence-corrected chi connectivity index (χ3v) is 3.25. The number of ether oxygens (including phenoxy) is 1. The summed E-state index contributed by atoms with van der Waals surface area (Å²) < 4.78 is 5.54. The Morgan fingerprint density at radius 1 is 1.56 bits per heavy atom. The third-order valence-electron chi connectivity index (χ3n) is 3.25. The summed E-state index contributed by atoms with van der Waals surface area (Å²) in [7, 11) is 0. The highest BCUT2D eigenvalue weighted by molar-refractivity contribution is 5.82. The van der Waals surface area contributed by atoms with Gasteiger partial charge in [-0.05, 0) is 19.3 Å². The molecular formula is C11H20N2O3. The van der Waals surface area contributed by atoms with Crippen molar-refractivity contribution < 1.29 is 14.6 Å². The molecule has 0 bridgehead atoms. The molecule has 0 aliphatic carbocycles. The van der Waals surface area contributed by atoms with E-state index in [2.05, 4.69) is 5.32 Å². The highest BCUT2D eigenvalue weighted by Gasteiger charge is 2.30. The van der Waals surface area contributed by atoms with Crippen molar-refractivity contribution in [2.75, 3.05) is 32.8 Å². The number of hydrogen-bond donors (Lipinski definition) is 2. The van der Waals surface area contributed by atoms with E-state index in [0.717, 1.165) is 32.5 Å². The maximum absolute atomic E-state index is 12.0. The van der Waals surface area contributed by atoms with E-state index in [1.54, 1.807) is 0 Å². The molecule has 0 radical (unpaired) electrons. The van der Waals surface area contributed by atoms with Gasteiger partial charge in [-0.3, -0.25) is 4.79 Å². The zero-order valence-corrected chi connectivity index (χ0v) is 9.52. The van der Waals surface area contributed by atoms with E-state index in [1.165, 1.54) is 0 Å². The van der Waals surface area contributed by atoms with Crippen LogP contribution in [0.25, 0.3) is 0 Å². The molecule has 0 aromatic heterocycles. The van der Waals surface area contributed by atoms with Gasteiger partial charge in [-0.15, -0.1) is 0 Å². The van der Waals surface area contributed by atoms with Gasteiger partial charge in [0, 0.05) is 32.8 Å². The SMILES string of the molecule is O=C1C(CCO)NCCN1CC1CCCO1. The summed E-state index contributed by atoms with van der Waals surface area (Å²) in [6.07, 6.45) is 2.88. The Labute approximate surface area is 95.8 Å². The molecule has 1 amide bonds. The number of piperazine rings is 1. The van der Waals surface area contributed by atoms with Gasteiger partial charge in [-0.1, -0.05) is 0 Å². The van der Waals surface area contributed by atoms with Crippen molar-refractivity contribution >= 4 is 5.91 Å². The Morgan fingerprint density at radius 2 is 2.44 bits per heavy atom.